The molecule has 0 aromatic carbocycles. The van der Waals surface area contributed by atoms with Gasteiger partial charge in [0.05, 0.1) is 0 Å². The van der Waals surface area contributed by atoms with Gasteiger partial charge in [-0.15, -0.1) is 0 Å². The van der Waals surface area contributed by atoms with Gasteiger partial charge in [0.25, 0.3) is 0 Å². The van der Waals surface area contributed by atoms with Crippen LogP contribution < -0.4 is 11.1 Å². The van der Waals surface area contributed by atoms with Crippen LogP contribution in [0.3, 0.4) is 0 Å². The molecule has 0 bridgehead atoms. The lowest BCUT2D eigenvalue weighted by Gasteiger charge is -2.20. The van der Waals surface area contributed by atoms with E-state index in [-0.39, 0.29) is 0 Å². The lowest BCUT2D eigenvalue weighted by molar-refractivity contribution is 0.240. The number of hydrogen-bond donors (Lipinski definition) is 2. The zero-order valence-corrected chi connectivity index (χ0v) is 7.55. The van der Waals surface area contributed by atoms with Gasteiger partial charge in [0.15, 0.2) is 0 Å². The Morgan fingerprint density at radius 2 is 2.50 bits per heavy atom. The van der Waals surface area contributed by atoms with Gasteiger partial charge in [-0.05, 0) is 26.3 Å². The van der Waals surface area contributed by atoms with Crippen LogP contribution in [-0.2, 0) is 0 Å². The van der Waals surface area contributed by atoms with Crippen molar-refractivity contribution in [3.63, 3.8) is 0 Å². The number of primary amides is 1. The zero-order chi connectivity index (χ0) is 8.97. The van der Waals surface area contributed by atoms with E-state index in [1.54, 1.807) is 0 Å². The molecule has 0 radical (unpaired) electrons. The first-order chi connectivity index (χ1) is 5.70. The third-order valence-corrected chi connectivity index (χ3v) is 2.39. The Morgan fingerprint density at radius 1 is 1.75 bits per heavy atom. The fraction of sp³-hybridized carbons (Fsp3) is 0.875. The molecule has 0 aliphatic carbocycles. The molecule has 3 N–H and O–H groups in total. The Labute approximate surface area is 73.1 Å². The molecule has 70 valence electrons. The number of amides is 2. The first-order valence-corrected chi connectivity index (χ1v) is 4.47. The number of rotatable bonds is 3. The van der Waals surface area contributed by atoms with Gasteiger partial charge in [-0.25, -0.2) is 4.79 Å². The summed E-state index contributed by atoms with van der Waals surface area (Å²) in [6, 6.07) is 0.238. The van der Waals surface area contributed by atoms with Crippen molar-refractivity contribution >= 4 is 6.03 Å². The third-order valence-electron chi connectivity index (χ3n) is 2.39. The van der Waals surface area contributed by atoms with E-state index >= 15 is 0 Å². The molecule has 4 nitrogen and oxygen atoms in total. The molecule has 0 aromatic rings. The average Bonchev–Trinajstić information content (AvgIpc) is 2.36. The van der Waals surface area contributed by atoms with Gasteiger partial charge in [-0.2, -0.15) is 0 Å². The van der Waals surface area contributed by atoms with E-state index in [0.29, 0.717) is 12.6 Å². The van der Waals surface area contributed by atoms with Crippen LogP contribution >= 0.6 is 0 Å². The molecule has 4 heteroatoms. The van der Waals surface area contributed by atoms with Gasteiger partial charge in [-0.1, -0.05) is 0 Å². The van der Waals surface area contributed by atoms with Gasteiger partial charge >= 0.3 is 6.03 Å². The molecule has 12 heavy (non-hydrogen) atoms. The summed E-state index contributed by atoms with van der Waals surface area (Å²) in [6.45, 7) is 4.96. The molecule has 1 saturated heterocycles. The summed E-state index contributed by atoms with van der Waals surface area (Å²) in [5.41, 5.74) is 4.94. The highest BCUT2D eigenvalue weighted by atomic mass is 16.2. The number of hydrogen-bond acceptors (Lipinski definition) is 2. The summed E-state index contributed by atoms with van der Waals surface area (Å²) in [5, 5.41) is 2.59. The highest BCUT2D eigenvalue weighted by molar-refractivity contribution is 5.71. The van der Waals surface area contributed by atoms with E-state index in [0.717, 1.165) is 13.1 Å². The number of nitrogens with zero attached hydrogens (tertiary/aromatic N) is 1. The van der Waals surface area contributed by atoms with Crippen LogP contribution in [0, 0.1) is 0 Å². The highest BCUT2D eigenvalue weighted by Crippen LogP contribution is 2.14. The Balaban J connectivity index is 2.10. The van der Waals surface area contributed by atoms with Crippen molar-refractivity contribution < 1.29 is 4.79 Å². The fourth-order valence-corrected chi connectivity index (χ4v) is 1.65. The Hall–Kier alpha value is -0.770. The van der Waals surface area contributed by atoms with Crippen molar-refractivity contribution in [3.8, 4) is 0 Å². The maximum absolute atomic E-state index is 10.3. The largest absolute Gasteiger partial charge is 0.352 e. The summed E-state index contributed by atoms with van der Waals surface area (Å²) < 4.78 is 0. The quantitative estimate of drug-likeness (QED) is 0.634. The van der Waals surface area contributed by atoms with Crippen molar-refractivity contribution in [2.45, 2.75) is 25.8 Å². The van der Waals surface area contributed by atoms with Gasteiger partial charge in [-0.3, -0.25) is 4.90 Å². The monoisotopic (exact) mass is 171 g/mol. The summed E-state index contributed by atoms with van der Waals surface area (Å²) in [4.78, 5) is 12.7. The van der Waals surface area contributed by atoms with Gasteiger partial charge in [0, 0.05) is 19.1 Å². The number of carbonyl (C=O) groups excluding carboxylic acids is 1. The second-order valence-corrected chi connectivity index (χ2v) is 3.32. The van der Waals surface area contributed by atoms with Crippen molar-refractivity contribution in [2.75, 3.05) is 19.6 Å². The van der Waals surface area contributed by atoms with Crippen molar-refractivity contribution in [2.24, 2.45) is 5.73 Å². The molecule has 1 heterocycles. The fourth-order valence-electron chi connectivity index (χ4n) is 1.65. The van der Waals surface area contributed by atoms with E-state index in [9.17, 15) is 4.79 Å². The Morgan fingerprint density at radius 3 is 3.00 bits per heavy atom. The van der Waals surface area contributed by atoms with E-state index in [1.165, 1.54) is 12.8 Å². The minimum atomic E-state index is -0.429. The normalized spacial score (nSPS) is 24.2. The van der Waals surface area contributed by atoms with Crippen LogP contribution in [0.15, 0.2) is 0 Å². The van der Waals surface area contributed by atoms with Crippen molar-refractivity contribution in [3.05, 3.63) is 0 Å². The first-order valence-electron chi connectivity index (χ1n) is 4.47. The van der Waals surface area contributed by atoms with E-state index in [1.807, 2.05) is 0 Å². The number of likely N-dealkylation sites (tertiary alicyclic amines) is 1. The maximum Gasteiger partial charge on any atom is 0.312 e. The maximum atomic E-state index is 10.3. The topological polar surface area (TPSA) is 58.4 Å². The molecule has 0 saturated carbocycles. The summed E-state index contributed by atoms with van der Waals surface area (Å²) in [5.74, 6) is 0. The van der Waals surface area contributed by atoms with E-state index < -0.39 is 6.03 Å². The third kappa shape index (κ3) is 2.70. The lowest BCUT2D eigenvalue weighted by Crippen LogP contribution is -2.38. The highest BCUT2D eigenvalue weighted by Gasteiger charge is 2.18. The lowest BCUT2D eigenvalue weighted by atomic mass is 10.2. The molecule has 1 unspecified atom stereocenters. The molecule has 1 aliphatic heterocycles. The first kappa shape index (κ1) is 9.32. The molecule has 0 aromatic heterocycles. The van der Waals surface area contributed by atoms with E-state index in [2.05, 4.69) is 17.1 Å². The molecule has 1 aliphatic rings. The predicted molar refractivity (Wildman–Crippen MR) is 47.9 cm³/mol. The van der Waals surface area contributed by atoms with Crippen LogP contribution in [0.5, 0.6) is 0 Å². The van der Waals surface area contributed by atoms with Gasteiger partial charge in [0.1, 0.15) is 0 Å². The van der Waals surface area contributed by atoms with Crippen LogP contribution in [0.4, 0.5) is 4.79 Å². The number of carbonyl (C=O) groups is 1. The number of nitrogens with two attached hydrogens (primary N) is 1. The minimum Gasteiger partial charge on any atom is -0.352 e. The van der Waals surface area contributed by atoms with E-state index in [4.69, 9.17) is 5.73 Å². The predicted octanol–water partition coefficient (Wildman–Crippen LogP) is 0.139. The van der Waals surface area contributed by atoms with Crippen LogP contribution in [0.2, 0.25) is 0 Å². The Bertz CT molecular complexity index is 160. The van der Waals surface area contributed by atoms with Crippen LogP contribution in [-0.4, -0.2) is 36.6 Å². The zero-order valence-electron chi connectivity index (χ0n) is 7.55. The standard InChI is InChI=1S/C8H17N3O/c1-7-3-2-5-11(7)6-4-10-8(9)12/h7H,2-6H2,1H3,(H3,9,10,12). The summed E-state index contributed by atoms with van der Waals surface area (Å²) >= 11 is 0. The van der Waals surface area contributed by atoms with Crippen molar-refractivity contribution in [1.82, 2.24) is 10.2 Å². The van der Waals surface area contributed by atoms with Gasteiger partial charge < -0.3 is 11.1 Å². The minimum absolute atomic E-state index is 0.429. The molecule has 1 fully saturated rings. The molecule has 0 spiro atoms. The van der Waals surface area contributed by atoms with Crippen molar-refractivity contribution in [1.29, 1.82) is 0 Å². The Kier molecular flexibility index (Phi) is 3.34. The van der Waals surface area contributed by atoms with Crippen LogP contribution in [0.1, 0.15) is 19.8 Å². The molecule has 1 rings (SSSR count). The molecular formula is C8H17N3O. The summed E-state index contributed by atoms with van der Waals surface area (Å²) in [6.07, 6.45) is 2.55. The number of nitrogens with one attached hydrogen (secondary N) is 1. The summed E-state index contributed by atoms with van der Waals surface area (Å²) in [7, 11) is 0. The number of urea groups is 1. The second-order valence-electron chi connectivity index (χ2n) is 3.32. The molecule has 1 atom stereocenters. The SMILES string of the molecule is CC1CCCN1CCNC(N)=O. The molecule has 2 amide bonds. The van der Waals surface area contributed by atoms with Crippen LogP contribution in [0.25, 0.3) is 0 Å². The average molecular weight is 171 g/mol. The molecular weight excluding hydrogens is 154 g/mol. The van der Waals surface area contributed by atoms with Gasteiger partial charge in [0.2, 0.25) is 0 Å². The second kappa shape index (κ2) is 4.30. The smallest absolute Gasteiger partial charge is 0.312 e.